The Morgan fingerprint density at radius 2 is 0.337 bits per heavy atom. The number of fused-ring (bicyclic) bond motifs is 4. The number of hydrogen-bond donors (Lipinski definition) is 0. The van der Waals surface area contributed by atoms with Crippen LogP contribution in [0.4, 0.5) is 68.2 Å². The van der Waals surface area contributed by atoms with Crippen molar-refractivity contribution >= 4 is 111 Å². The van der Waals surface area contributed by atoms with E-state index in [1.165, 1.54) is 54.2 Å². The molecule has 0 amide bonds. The topological polar surface area (TPSA) is 13.0 Å². The SMILES string of the molecule is c1ccc(N(c2ccccc2)c2cc(-c3c4ccccc4cc4ccccc34)cc(N(c3ccccc3)c3cccc(N(c4ccccc4)c4cc(-c5c6ccccc6cc6ccccc56)cc(N(c5ccccc5)c5ccccc5)c4)c3)c2)cc1. The molecular weight excluding hydrogens is 1040 g/mol. The zero-order valence-corrected chi connectivity index (χ0v) is 47.3. The monoisotopic (exact) mass is 1100 g/mol. The zero-order valence-electron chi connectivity index (χ0n) is 47.3. The first-order chi connectivity index (χ1) is 42.7. The number of rotatable bonds is 14. The highest BCUT2D eigenvalue weighted by molar-refractivity contribution is 6.15. The molecule has 0 fully saturated rings. The van der Waals surface area contributed by atoms with Gasteiger partial charge in [-0.25, -0.2) is 0 Å². The van der Waals surface area contributed by atoms with Crippen molar-refractivity contribution in [2.75, 3.05) is 19.6 Å². The molecule has 0 saturated heterocycles. The summed E-state index contributed by atoms with van der Waals surface area (Å²) >= 11 is 0. The minimum atomic E-state index is 0.998. The quantitative estimate of drug-likeness (QED) is 0.101. The Kier molecular flexibility index (Phi) is 13.6. The van der Waals surface area contributed by atoms with E-state index in [1.807, 2.05) is 0 Å². The lowest BCUT2D eigenvalue weighted by atomic mass is 9.91. The van der Waals surface area contributed by atoms with Crippen molar-refractivity contribution in [1.29, 1.82) is 0 Å². The van der Waals surface area contributed by atoms with Crippen LogP contribution in [0.1, 0.15) is 0 Å². The molecule has 406 valence electrons. The van der Waals surface area contributed by atoms with E-state index in [4.69, 9.17) is 0 Å². The van der Waals surface area contributed by atoms with Gasteiger partial charge in [-0.2, -0.15) is 0 Å². The van der Waals surface area contributed by atoms with Gasteiger partial charge in [-0.3, -0.25) is 0 Å². The number of hydrogen-bond acceptors (Lipinski definition) is 4. The molecule has 0 atom stereocenters. The summed E-state index contributed by atoms with van der Waals surface area (Å²) in [7, 11) is 0. The summed E-state index contributed by atoms with van der Waals surface area (Å²) in [6.45, 7) is 0. The average Bonchev–Trinajstić information content (AvgIpc) is 2.12. The lowest BCUT2D eigenvalue weighted by Gasteiger charge is -2.32. The second-order valence-electron chi connectivity index (χ2n) is 21.7. The Hall–Kier alpha value is -11.5. The van der Waals surface area contributed by atoms with Gasteiger partial charge in [-0.1, -0.05) is 212 Å². The maximum atomic E-state index is 2.43. The Morgan fingerprint density at radius 3 is 0.593 bits per heavy atom. The molecular formula is C82H58N4. The summed E-state index contributed by atoms with van der Waals surface area (Å²) in [5.74, 6) is 0. The van der Waals surface area contributed by atoms with Crippen molar-refractivity contribution in [3.05, 3.63) is 352 Å². The van der Waals surface area contributed by atoms with Crippen LogP contribution in [0.2, 0.25) is 0 Å². The summed E-state index contributed by atoms with van der Waals surface area (Å²) < 4.78 is 0. The van der Waals surface area contributed by atoms with Crippen molar-refractivity contribution in [1.82, 2.24) is 0 Å². The van der Waals surface area contributed by atoms with E-state index < -0.39 is 0 Å². The van der Waals surface area contributed by atoms with Gasteiger partial charge in [0, 0.05) is 68.2 Å². The molecule has 0 spiro atoms. The average molecular weight is 1100 g/mol. The third-order valence-corrected chi connectivity index (χ3v) is 16.4. The molecule has 0 aliphatic heterocycles. The summed E-state index contributed by atoms with van der Waals surface area (Å²) in [4.78, 5) is 9.62. The van der Waals surface area contributed by atoms with Gasteiger partial charge in [0.15, 0.2) is 0 Å². The summed E-state index contributed by atoms with van der Waals surface area (Å²) in [5.41, 5.74) is 17.0. The van der Waals surface area contributed by atoms with Gasteiger partial charge in [0.25, 0.3) is 0 Å². The van der Waals surface area contributed by atoms with E-state index >= 15 is 0 Å². The second kappa shape index (κ2) is 22.7. The van der Waals surface area contributed by atoms with E-state index in [1.54, 1.807) is 0 Å². The van der Waals surface area contributed by atoms with E-state index in [0.29, 0.717) is 0 Å². The van der Waals surface area contributed by atoms with Crippen molar-refractivity contribution < 1.29 is 0 Å². The predicted molar refractivity (Wildman–Crippen MR) is 366 cm³/mol. The maximum absolute atomic E-state index is 2.43. The van der Waals surface area contributed by atoms with Crippen molar-refractivity contribution in [3.8, 4) is 22.3 Å². The number of para-hydroxylation sites is 6. The molecule has 0 aromatic heterocycles. The molecule has 4 nitrogen and oxygen atoms in total. The van der Waals surface area contributed by atoms with E-state index in [0.717, 1.165) is 79.4 Å². The van der Waals surface area contributed by atoms with E-state index in [2.05, 4.69) is 371 Å². The van der Waals surface area contributed by atoms with Gasteiger partial charge in [0.1, 0.15) is 0 Å². The van der Waals surface area contributed by atoms with Crippen LogP contribution in [0, 0.1) is 0 Å². The highest BCUT2D eigenvalue weighted by Gasteiger charge is 2.25. The van der Waals surface area contributed by atoms with Crippen LogP contribution in [0.25, 0.3) is 65.3 Å². The molecule has 0 radical (unpaired) electrons. The Morgan fingerprint density at radius 1 is 0.140 bits per heavy atom. The molecule has 15 rings (SSSR count). The Balaban J connectivity index is 0.987. The highest BCUT2D eigenvalue weighted by Crippen LogP contribution is 2.50. The first-order valence-electron chi connectivity index (χ1n) is 29.4. The molecule has 0 aliphatic rings. The molecule has 0 unspecified atom stereocenters. The normalized spacial score (nSPS) is 11.3. The van der Waals surface area contributed by atoms with Gasteiger partial charge in [0.2, 0.25) is 0 Å². The van der Waals surface area contributed by atoms with Crippen molar-refractivity contribution in [3.63, 3.8) is 0 Å². The van der Waals surface area contributed by atoms with Gasteiger partial charge in [0.05, 0.1) is 0 Å². The number of benzene rings is 15. The van der Waals surface area contributed by atoms with Crippen LogP contribution in [0.15, 0.2) is 352 Å². The van der Waals surface area contributed by atoms with Crippen LogP contribution in [0.3, 0.4) is 0 Å². The zero-order chi connectivity index (χ0) is 57.2. The molecule has 0 N–H and O–H groups in total. The standard InChI is InChI=1S/C82H58N4/c1-7-32-65(33-8-1)83(66-34-9-2-10-35-66)73-52-63(81-77-46-23-19-28-59(77)50-60-29-20-24-47-78(60)81)54-75(57-73)85(69-40-15-5-16-41-69)71-44-27-45-72(56-71)86(70-42-17-6-18-43-70)76-55-64(82-79-48-25-21-30-61(79)51-62-31-22-26-49-80(62)82)53-74(58-76)84(67-36-11-3-12-37-67)68-38-13-4-14-39-68/h1-58H. The molecule has 0 saturated carbocycles. The van der Waals surface area contributed by atoms with Crippen LogP contribution >= 0.6 is 0 Å². The second-order valence-corrected chi connectivity index (χ2v) is 21.7. The predicted octanol–water partition coefficient (Wildman–Crippen LogP) is 23.5. The lowest BCUT2D eigenvalue weighted by Crippen LogP contribution is -2.15. The minimum absolute atomic E-state index is 0.998. The third kappa shape index (κ3) is 9.81. The first-order valence-corrected chi connectivity index (χ1v) is 29.4. The highest BCUT2D eigenvalue weighted by atomic mass is 15.2. The van der Waals surface area contributed by atoms with Crippen LogP contribution in [-0.4, -0.2) is 0 Å². The van der Waals surface area contributed by atoms with Crippen LogP contribution < -0.4 is 19.6 Å². The van der Waals surface area contributed by atoms with Crippen LogP contribution in [0.5, 0.6) is 0 Å². The fourth-order valence-corrected chi connectivity index (χ4v) is 12.7. The largest absolute Gasteiger partial charge is 0.310 e. The Labute approximate surface area is 502 Å². The molecule has 0 aliphatic carbocycles. The summed E-state index contributed by atoms with van der Waals surface area (Å²) in [5, 5.41) is 9.57. The molecule has 15 aromatic rings. The number of nitrogens with zero attached hydrogens (tertiary/aromatic N) is 4. The molecule has 86 heavy (non-hydrogen) atoms. The smallest absolute Gasteiger partial charge is 0.0488 e. The van der Waals surface area contributed by atoms with Gasteiger partial charge >= 0.3 is 0 Å². The molecule has 4 heteroatoms. The third-order valence-electron chi connectivity index (χ3n) is 16.4. The van der Waals surface area contributed by atoms with Crippen molar-refractivity contribution in [2.45, 2.75) is 0 Å². The van der Waals surface area contributed by atoms with Gasteiger partial charge in [-0.15, -0.1) is 0 Å². The molecule has 15 aromatic carbocycles. The van der Waals surface area contributed by atoms with Gasteiger partial charge in [-0.05, 0) is 205 Å². The fraction of sp³-hybridized carbons (Fsp3) is 0. The first kappa shape index (κ1) is 51.4. The lowest BCUT2D eigenvalue weighted by molar-refractivity contribution is 1.23. The summed E-state index contributed by atoms with van der Waals surface area (Å²) in [6, 6.07) is 128. The Bertz CT molecular complexity index is 4390. The van der Waals surface area contributed by atoms with Crippen molar-refractivity contribution in [2.24, 2.45) is 0 Å². The summed E-state index contributed by atoms with van der Waals surface area (Å²) in [6.07, 6.45) is 0. The molecule has 0 heterocycles. The number of anilines is 12. The van der Waals surface area contributed by atoms with E-state index in [9.17, 15) is 0 Å². The molecule has 0 bridgehead atoms. The van der Waals surface area contributed by atoms with E-state index in [-0.39, 0.29) is 0 Å². The van der Waals surface area contributed by atoms with Crippen LogP contribution in [-0.2, 0) is 0 Å². The fourth-order valence-electron chi connectivity index (χ4n) is 12.7. The van der Waals surface area contributed by atoms with Gasteiger partial charge < -0.3 is 19.6 Å². The minimum Gasteiger partial charge on any atom is -0.310 e. The maximum Gasteiger partial charge on any atom is 0.0488 e.